The van der Waals surface area contributed by atoms with Crippen LogP contribution >= 0.6 is 0 Å². The van der Waals surface area contributed by atoms with Gasteiger partial charge in [0.15, 0.2) is 0 Å². The Balaban J connectivity index is 0. The summed E-state index contributed by atoms with van der Waals surface area (Å²) in [6.07, 6.45) is 0. The first-order valence-corrected chi connectivity index (χ1v) is 5.28. The average molecular weight is 304 g/mol. The Kier molecular flexibility index (Phi) is 12.6. The predicted octanol–water partition coefficient (Wildman–Crippen LogP) is -5.48. The number of carboxylic acid groups (broad SMARTS) is 2. The molecule has 0 fully saturated rings. The molecular weight excluding hydrogens is 294 g/mol. The van der Waals surface area contributed by atoms with Crippen molar-refractivity contribution >= 4 is 11.9 Å². The van der Waals surface area contributed by atoms with E-state index in [9.17, 15) is 19.8 Å². The third-order valence-electron chi connectivity index (χ3n) is 2.13. The van der Waals surface area contributed by atoms with E-state index in [1.54, 1.807) is 18.2 Å². The van der Waals surface area contributed by atoms with Crippen molar-refractivity contribution in [3.8, 4) is 5.75 Å². The zero-order valence-electron chi connectivity index (χ0n) is 11.8. The molecule has 0 saturated heterocycles. The first kappa shape index (κ1) is 22.5. The molecular formula is C14H10Na2O5. The molecule has 0 spiro atoms. The van der Waals surface area contributed by atoms with E-state index < -0.39 is 17.7 Å². The van der Waals surface area contributed by atoms with Gasteiger partial charge in [-0.15, -0.1) is 0 Å². The number of carboxylic acids is 2. The number of carbonyl (C=O) groups is 2. The van der Waals surface area contributed by atoms with Crippen LogP contribution in [0.4, 0.5) is 0 Å². The van der Waals surface area contributed by atoms with Crippen molar-refractivity contribution in [3.05, 3.63) is 65.7 Å². The number of carbonyl (C=O) groups excluding carboxylic acids is 1. The third kappa shape index (κ3) is 8.26. The Hall–Kier alpha value is -0.820. The van der Waals surface area contributed by atoms with Crippen molar-refractivity contribution in [2.24, 2.45) is 0 Å². The van der Waals surface area contributed by atoms with Crippen LogP contribution in [0.1, 0.15) is 20.7 Å². The van der Waals surface area contributed by atoms with Gasteiger partial charge in [-0.3, -0.25) is 0 Å². The van der Waals surface area contributed by atoms with Crippen LogP contribution in [0.25, 0.3) is 0 Å². The number of aromatic carboxylic acids is 2. The molecule has 2 rings (SSSR count). The number of para-hydroxylation sites is 1. The molecule has 0 aliphatic rings. The second kappa shape index (κ2) is 11.8. The average Bonchev–Trinajstić information content (AvgIpc) is 2.40. The van der Waals surface area contributed by atoms with E-state index in [0.29, 0.717) is 0 Å². The van der Waals surface area contributed by atoms with E-state index in [4.69, 9.17) is 5.11 Å². The first-order valence-electron chi connectivity index (χ1n) is 5.28. The van der Waals surface area contributed by atoms with E-state index >= 15 is 0 Å². The van der Waals surface area contributed by atoms with Crippen LogP contribution in [-0.2, 0) is 0 Å². The Morgan fingerprint density at radius 1 is 0.857 bits per heavy atom. The Labute approximate surface area is 166 Å². The Bertz CT molecular complexity index is 573. The van der Waals surface area contributed by atoms with Gasteiger partial charge in [0.1, 0.15) is 0 Å². The fourth-order valence-electron chi connectivity index (χ4n) is 1.22. The van der Waals surface area contributed by atoms with Gasteiger partial charge in [0.25, 0.3) is 0 Å². The quantitative estimate of drug-likeness (QED) is 0.558. The summed E-state index contributed by atoms with van der Waals surface area (Å²) in [4.78, 5) is 20.3. The van der Waals surface area contributed by atoms with Crippen molar-refractivity contribution in [1.29, 1.82) is 0 Å². The van der Waals surface area contributed by atoms with Gasteiger partial charge < -0.3 is 20.1 Å². The van der Waals surface area contributed by atoms with Crippen LogP contribution < -0.4 is 69.3 Å². The van der Waals surface area contributed by atoms with E-state index in [1.165, 1.54) is 36.4 Å². The molecule has 0 heterocycles. The summed E-state index contributed by atoms with van der Waals surface area (Å²) in [7, 11) is 0. The Morgan fingerprint density at radius 3 is 1.67 bits per heavy atom. The minimum absolute atomic E-state index is 0. The molecule has 0 amide bonds. The second-order valence-corrected chi connectivity index (χ2v) is 3.45. The van der Waals surface area contributed by atoms with Crippen LogP contribution in [0, 0.1) is 0 Å². The van der Waals surface area contributed by atoms with Crippen molar-refractivity contribution in [2.75, 3.05) is 0 Å². The zero-order valence-corrected chi connectivity index (χ0v) is 15.8. The van der Waals surface area contributed by atoms with Crippen LogP contribution in [-0.4, -0.2) is 17.0 Å². The van der Waals surface area contributed by atoms with Gasteiger partial charge in [-0.1, -0.05) is 54.3 Å². The summed E-state index contributed by atoms with van der Waals surface area (Å²) in [6, 6.07) is 13.6. The maximum Gasteiger partial charge on any atom is 1.00 e. The molecule has 0 unspecified atom stereocenters. The smallest absolute Gasteiger partial charge is 0.872 e. The molecule has 2 aromatic rings. The minimum atomic E-state index is -1.18. The van der Waals surface area contributed by atoms with E-state index in [0.717, 1.165) is 0 Å². The van der Waals surface area contributed by atoms with Gasteiger partial charge in [-0.2, -0.15) is 0 Å². The summed E-state index contributed by atoms with van der Waals surface area (Å²) in [5.74, 6) is -2.75. The van der Waals surface area contributed by atoms with Crippen LogP contribution in [0.15, 0.2) is 54.6 Å². The second-order valence-electron chi connectivity index (χ2n) is 3.45. The first-order chi connectivity index (χ1) is 9.02. The summed E-state index contributed by atoms with van der Waals surface area (Å²) in [5.41, 5.74) is 0.0417. The number of benzene rings is 2. The molecule has 0 bridgehead atoms. The predicted molar refractivity (Wildman–Crippen MR) is 63.6 cm³/mol. The van der Waals surface area contributed by atoms with Gasteiger partial charge >= 0.3 is 65.1 Å². The fraction of sp³-hybridized carbons (Fsp3) is 0. The summed E-state index contributed by atoms with van der Waals surface area (Å²) in [6.45, 7) is 0. The van der Waals surface area contributed by atoms with Crippen molar-refractivity contribution in [2.45, 2.75) is 0 Å². The maximum atomic E-state index is 10.7. The molecule has 2 aromatic carbocycles. The molecule has 1 N–H and O–H groups in total. The SMILES string of the molecule is O=C(O)c1ccccc1[O-].O=C([O-])c1ccccc1.[Na+].[Na+]. The number of rotatable bonds is 2. The molecule has 21 heavy (non-hydrogen) atoms. The van der Waals surface area contributed by atoms with Crippen LogP contribution in [0.2, 0.25) is 0 Å². The van der Waals surface area contributed by atoms with Gasteiger partial charge in [-0.05, 0) is 11.6 Å². The number of hydrogen-bond acceptors (Lipinski definition) is 4. The standard InChI is InChI=1S/C7H6O3.C7H6O2.2Na/c8-6-4-2-1-3-5(6)7(9)10;8-7(9)6-4-2-1-3-5-6;;/h1-4,8H,(H,9,10);1-5H,(H,8,9);;/q;;2*+1/p-2. The topological polar surface area (TPSA) is 100 Å². The normalized spacial score (nSPS) is 8.19. The Morgan fingerprint density at radius 2 is 1.33 bits per heavy atom. The summed E-state index contributed by atoms with van der Waals surface area (Å²) in [5, 5.41) is 29.1. The molecule has 0 aliphatic heterocycles. The molecule has 7 heteroatoms. The molecule has 0 saturated carbocycles. The largest absolute Gasteiger partial charge is 1.00 e. The van der Waals surface area contributed by atoms with E-state index in [-0.39, 0.29) is 70.2 Å². The van der Waals surface area contributed by atoms with Crippen LogP contribution in [0.3, 0.4) is 0 Å². The van der Waals surface area contributed by atoms with E-state index in [1.807, 2.05) is 0 Å². The number of hydrogen-bond donors (Lipinski definition) is 1. The molecule has 0 atom stereocenters. The molecule has 98 valence electrons. The van der Waals surface area contributed by atoms with E-state index in [2.05, 4.69) is 0 Å². The summed E-state index contributed by atoms with van der Waals surface area (Å²) < 4.78 is 0. The van der Waals surface area contributed by atoms with Gasteiger partial charge in [0, 0.05) is 0 Å². The molecule has 0 aromatic heterocycles. The third-order valence-corrected chi connectivity index (χ3v) is 2.13. The summed E-state index contributed by atoms with van der Waals surface area (Å²) >= 11 is 0. The molecule has 0 radical (unpaired) electrons. The van der Waals surface area contributed by atoms with Crippen molar-refractivity contribution in [1.82, 2.24) is 0 Å². The minimum Gasteiger partial charge on any atom is -0.872 e. The fourth-order valence-corrected chi connectivity index (χ4v) is 1.22. The maximum absolute atomic E-state index is 10.7. The zero-order chi connectivity index (χ0) is 14.3. The monoisotopic (exact) mass is 304 g/mol. The van der Waals surface area contributed by atoms with Gasteiger partial charge in [0.2, 0.25) is 0 Å². The molecule has 0 aliphatic carbocycles. The molecule has 5 nitrogen and oxygen atoms in total. The van der Waals surface area contributed by atoms with Gasteiger partial charge in [-0.25, -0.2) is 4.79 Å². The van der Waals surface area contributed by atoms with Crippen molar-refractivity contribution in [3.63, 3.8) is 0 Å². The van der Waals surface area contributed by atoms with Gasteiger partial charge in [0.05, 0.1) is 11.5 Å². The van der Waals surface area contributed by atoms with Crippen LogP contribution in [0.5, 0.6) is 5.75 Å². The van der Waals surface area contributed by atoms with Crippen molar-refractivity contribution < 1.29 is 84.0 Å².